The van der Waals surface area contributed by atoms with E-state index in [1.807, 2.05) is 4.57 Å². The van der Waals surface area contributed by atoms with Crippen LogP contribution in [0.1, 0.15) is 25.3 Å². The van der Waals surface area contributed by atoms with Crippen molar-refractivity contribution < 1.29 is 5.11 Å². The predicted molar refractivity (Wildman–Crippen MR) is 63.8 cm³/mol. The fourth-order valence-corrected chi connectivity index (χ4v) is 2.84. The van der Waals surface area contributed by atoms with Crippen LogP contribution in [0.25, 0.3) is 11.2 Å². The summed E-state index contributed by atoms with van der Waals surface area (Å²) in [5.74, 6) is 0.293. The van der Waals surface area contributed by atoms with Crippen LogP contribution in [-0.4, -0.2) is 31.2 Å². The molecule has 1 fully saturated rings. The Hall–Kier alpha value is -1.20. The molecule has 2 heterocycles. The summed E-state index contributed by atoms with van der Waals surface area (Å²) < 4.78 is 2.02. The molecule has 6 heteroatoms. The van der Waals surface area contributed by atoms with Gasteiger partial charge in [-0.1, -0.05) is 18.0 Å². The number of halogens is 1. The molecule has 0 amide bonds. The van der Waals surface area contributed by atoms with E-state index < -0.39 is 0 Å². The summed E-state index contributed by atoms with van der Waals surface area (Å²) in [5.41, 5.74) is 1.40. The summed E-state index contributed by atoms with van der Waals surface area (Å²) in [4.78, 5) is 12.4. The number of hydrogen-bond donors (Lipinski definition) is 1. The number of aliphatic hydroxyl groups is 1. The van der Waals surface area contributed by atoms with Crippen molar-refractivity contribution >= 4 is 22.8 Å². The number of rotatable bonds is 2. The third-order valence-corrected chi connectivity index (χ3v) is 3.80. The van der Waals surface area contributed by atoms with Gasteiger partial charge < -0.3 is 9.67 Å². The van der Waals surface area contributed by atoms with Gasteiger partial charge in [-0.25, -0.2) is 15.0 Å². The van der Waals surface area contributed by atoms with Crippen molar-refractivity contribution in [1.29, 1.82) is 0 Å². The minimum Gasteiger partial charge on any atom is -0.396 e. The van der Waals surface area contributed by atoms with Crippen LogP contribution in [0.3, 0.4) is 0 Å². The Morgan fingerprint density at radius 2 is 2.24 bits per heavy atom. The molecule has 1 aliphatic carbocycles. The fraction of sp³-hybridized carbons (Fsp3) is 0.545. The summed E-state index contributed by atoms with van der Waals surface area (Å²) in [7, 11) is 0. The van der Waals surface area contributed by atoms with Crippen molar-refractivity contribution in [1.82, 2.24) is 19.5 Å². The lowest BCUT2D eigenvalue weighted by Crippen LogP contribution is -2.16. The van der Waals surface area contributed by atoms with Gasteiger partial charge in [-0.05, 0) is 12.8 Å². The second kappa shape index (κ2) is 4.23. The van der Waals surface area contributed by atoms with Gasteiger partial charge in [0.05, 0.1) is 6.33 Å². The first kappa shape index (κ1) is 10.9. The number of aliphatic hydroxyl groups excluding tert-OH is 1. The Balaban J connectivity index is 2.09. The molecular weight excluding hydrogens is 240 g/mol. The van der Waals surface area contributed by atoms with E-state index in [-0.39, 0.29) is 12.6 Å². The molecule has 2 aromatic rings. The summed E-state index contributed by atoms with van der Waals surface area (Å²) in [5, 5.41) is 9.75. The van der Waals surface area contributed by atoms with E-state index >= 15 is 0 Å². The normalized spacial score (nSPS) is 24.6. The van der Waals surface area contributed by atoms with E-state index in [4.69, 9.17) is 11.6 Å². The molecule has 0 radical (unpaired) electrons. The van der Waals surface area contributed by atoms with Crippen molar-refractivity contribution in [3.8, 4) is 0 Å². The number of imidazole rings is 1. The maximum atomic E-state index is 9.37. The number of aromatic nitrogens is 4. The smallest absolute Gasteiger partial charge is 0.165 e. The van der Waals surface area contributed by atoms with Gasteiger partial charge in [0.15, 0.2) is 10.8 Å². The minimum absolute atomic E-state index is 0.211. The second-order valence-corrected chi connectivity index (χ2v) is 4.79. The third-order valence-electron chi connectivity index (χ3n) is 3.52. The van der Waals surface area contributed by atoms with Crippen molar-refractivity contribution in [2.45, 2.75) is 25.3 Å². The van der Waals surface area contributed by atoms with E-state index in [1.165, 1.54) is 6.33 Å². The highest BCUT2D eigenvalue weighted by molar-refractivity contribution is 6.33. The molecule has 0 aromatic carbocycles. The molecule has 0 saturated heterocycles. The largest absolute Gasteiger partial charge is 0.396 e. The van der Waals surface area contributed by atoms with Crippen LogP contribution < -0.4 is 0 Å². The summed E-state index contributed by atoms with van der Waals surface area (Å²) in [6.07, 6.45) is 6.45. The van der Waals surface area contributed by atoms with E-state index in [0.717, 1.165) is 24.9 Å². The van der Waals surface area contributed by atoms with Crippen molar-refractivity contribution in [3.63, 3.8) is 0 Å². The average molecular weight is 253 g/mol. The third kappa shape index (κ3) is 1.70. The molecule has 1 saturated carbocycles. The first-order valence-corrected chi connectivity index (χ1v) is 6.13. The van der Waals surface area contributed by atoms with Gasteiger partial charge in [0.2, 0.25) is 0 Å². The van der Waals surface area contributed by atoms with Gasteiger partial charge in [0.25, 0.3) is 0 Å². The van der Waals surface area contributed by atoms with Gasteiger partial charge in [0.1, 0.15) is 11.8 Å². The zero-order valence-electron chi connectivity index (χ0n) is 9.25. The SMILES string of the molecule is OC[C@H]1CCC[C@H]1n1cnc2c(Cl)ncnc21. The highest BCUT2D eigenvalue weighted by atomic mass is 35.5. The Morgan fingerprint density at radius 1 is 1.35 bits per heavy atom. The maximum absolute atomic E-state index is 9.37. The molecule has 90 valence electrons. The highest BCUT2D eigenvalue weighted by Crippen LogP contribution is 2.37. The number of nitrogens with zero attached hydrogens (tertiary/aromatic N) is 4. The molecule has 5 nitrogen and oxygen atoms in total. The molecule has 0 bridgehead atoms. The molecule has 1 N–H and O–H groups in total. The van der Waals surface area contributed by atoms with Crippen LogP contribution in [0.15, 0.2) is 12.7 Å². The predicted octanol–water partition coefficient (Wildman–Crippen LogP) is 1.81. The van der Waals surface area contributed by atoms with Gasteiger partial charge in [0, 0.05) is 18.6 Å². The van der Waals surface area contributed by atoms with Crippen LogP contribution in [0, 0.1) is 5.92 Å². The van der Waals surface area contributed by atoms with Gasteiger partial charge in [-0.15, -0.1) is 0 Å². The second-order valence-electron chi connectivity index (χ2n) is 4.43. The van der Waals surface area contributed by atoms with Gasteiger partial charge in [-0.3, -0.25) is 0 Å². The molecule has 0 unspecified atom stereocenters. The quantitative estimate of drug-likeness (QED) is 0.828. The van der Waals surface area contributed by atoms with Crippen LogP contribution in [0.4, 0.5) is 0 Å². The van der Waals surface area contributed by atoms with Crippen LogP contribution in [0.5, 0.6) is 0 Å². The molecule has 0 spiro atoms. The molecule has 1 aliphatic rings. The highest BCUT2D eigenvalue weighted by Gasteiger charge is 2.29. The van der Waals surface area contributed by atoms with Crippen LogP contribution >= 0.6 is 11.6 Å². The Morgan fingerprint density at radius 3 is 3.06 bits per heavy atom. The molecule has 17 heavy (non-hydrogen) atoms. The monoisotopic (exact) mass is 252 g/mol. The van der Waals surface area contributed by atoms with Crippen LogP contribution in [-0.2, 0) is 0 Å². The summed E-state index contributed by atoms with van der Waals surface area (Å²) in [6, 6.07) is 0.274. The lowest BCUT2D eigenvalue weighted by atomic mass is 10.1. The van der Waals surface area contributed by atoms with Crippen molar-refractivity contribution in [2.75, 3.05) is 6.61 Å². The fourth-order valence-electron chi connectivity index (χ4n) is 2.66. The lowest BCUT2D eigenvalue weighted by Gasteiger charge is -2.19. The first-order valence-electron chi connectivity index (χ1n) is 5.75. The molecule has 0 aliphatic heterocycles. The maximum Gasteiger partial charge on any atom is 0.165 e. The number of fused-ring (bicyclic) bond motifs is 1. The zero-order chi connectivity index (χ0) is 11.8. The van der Waals surface area contributed by atoms with E-state index in [9.17, 15) is 5.11 Å². The molecular formula is C11H13ClN4O. The summed E-state index contributed by atoms with van der Waals surface area (Å²) >= 11 is 5.97. The molecule has 3 rings (SSSR count). The Kier molecular flexibility index (Phi) is 2.72. The molecule has 2 atom stereocenters. The van der Waals surface area contributed by atoms with E-state index in [1.54, 1.807) is 6.33 Å². The van der Waals surface area contributed by atoms with Gasteiger partial charge >= 0.3 is 0 Å². The van der Waals surface area contributed by atoms with Gasteiger partial charge in [-0.2, -0.15) is 0 Å². The van der Waals surface area contributed by atoms with Crippen molar-refractivity contribution in [3.05, 3.63) is 17.8 Å². The Bertz CT molecular complexity index is 541. The average Bonchev–Trinajstić information content (AvgIpc) is 2.94. The van der Waals surface area contributed by atoms with Crippen LogP contribution in [0.2, 0.25) is 5.15 Å². The lowest BCUT2D eigenvalue weighted by molar-refractivity contribution is 0.197. The first-order chi connectivity index (χ1) is 8.31. The molecule has 2 aromatic heterocycles. The minimum atomic E-state index is 0.211. The van der Waals surface area contributed by atoms with Crippen molar-refractivity contribution in [2.24, 2.45) is 5.92 Å². The topological polar surface area (TPSA) is 63.8 Å². The number of hydrogen-bond acceptors (Lipinski definition) is 4. The standard InChI is InChI=1S/C11H13ClN4O/c12-10-9-11(14-5-13-10)16(6-15-9)8-3-1-2-7(8)4-17/h5-8,17H,1-4H2/t7-,8-/m1/s1. The zero-order valence-corrected chi connectivity index (χ0v) is 10.0. The Labute approximate surface area is 103 Å². The van der Waals surface area contributed by atoms with E-state index in [0.29, 0.717) is 16.6 Å². The summed E-state index contributed by atoms with van der Waals surface area (Å²) in [6.45, 7) is 0.211. The van der Waals surface area contributed by atoms with E-state index in [2.05, 4.69) is 15.0 Å².